The zero-order valence-corrected chi connectivity index (χ0v) is 13.9. The number of sulfonamides is 1. The summed E-state index contributed by atoms with van der Waals surface area (Å²) in [5.41, 5.74) is -0.182. The molecule has 1 aromatic carbocycles. The number of carbonyl (C=O) groups excluding carboxylic acids is 1. The van der Waals surface area contributed by atoms with Gasteiger partial charge >= 0.3 is 5.97 Å². The number of hydrogen-bond donors (Lipinski definition) is 0. The standard InChI is InChI=1S/C15H18N2O6S/c1-2-23-15(18)14-10-3-4-12(9-10)16(14)24(21,22)13-7-5-11(6-8-13)17(19)20/h5-8,10,12,14H,2-4,9H2,1H3. The average Bonchev–Trinajstić information content (AvgIpc) is 3.16. The number of rotatable bonds is 5. The highest BCUT2D eigenvalue weighted by Crippen LogP contribution is 2.45. The van der Waals surface area contributed by atoms with Gasteiger partial charge in [-0.2, -0.15) is 4.31 Å². The maximum atomic E-state index is 13.0. The number of non-ortho nitro benzene ring substituents is 1. The summed E-state index contributed by atoms with van der Waals surface area (Å²) >= 11 is 0. The average molecular weight is 354 g/mol. The molecule has 8 nitrogen and oxygen atoms in total. The molecule has 24 heavy (non-hydrogen) atoms. The number of piperidine rings is 1. The molecule has 0 amide bonds. The molecule has 9 heteroatoms. The van der Waals surface area contributed by atoms with E-state index in [1.54, 1.807) is 6.92 Å². The van der Waals surface area contributed by atoms with Crippen LogP contribution in [-0.2, 0) is 19.6 Å². The van der Waals surface area contributed by atoms with Gasteiger partial charge in [0.15, 0.2) is 0 Å². The normalized spacial score (nSPS) is 26.5. The largest absolute Gasteiger partial charge is 0.465 e. The highest BCUT2D eigenvalue weighted by Gasteiger charge is 2.55. The highest BCUT2D eigenvalue weighted by molar-refractivity contribution is 7.89. The van der Waals surface area contributed by atoms with Crippen LogP contribution in [-0.4, -0.2) is 42.3 Å². The summed E-state index contributed by atoms with van der Waals surface area (Å²) in [7, 11) is -3.91. The zero-order chi connectivity index (χ0) is 17.5. The first-order chi connectivity index (χ1) is 11.4. The lowest BCUT2D eigenvalue weighted by atomic mass is 10.0. The van der Waals surface area contributed by atoms with E-state index >= 15 is 0 Å². The lowest BCUT2D eigenvalue weighted by Crippen LogP contribution is -2.49. The van der Waals surface area contributed by atoms with E-state index in [9.17, 15) is 23.3 Å². The molecule has 1 saturated heterocycles. The molecule has 130 valence electrons. The lowest BCUT2D eigenvalue weighted by Gasteiger charge is -2.32. The molecule has 2 aliphatic rings. The molecule has 0 N–H and O–H groups in total. The fraction of sp³-hybridized carbons (Fsp3) is 0.533. The summed E-state index contributed by atoms with van der Waals surface area (Å²) in [5.74, 6) is -0.544. The van der Waals surface area contributed by atoms with Crippen LogP contribution in [0.15, 0.2) is 29.2 Å². The van der Waals surface area contributed by atoms with Gasteiger partial charge in [0.2, 0.25) is 10.0 Å². The van der Waals surface area contributed by atoms with Crippen LogP contribution in [0, 0.1) is 16.0 Å². The monoisotopic (exact) mass is 354 g/mol. The third-order valence-electron chi connectivity index (χ3n) is 4.68. The summed E-state index contributed by atoms with van der Waals surface area (Å²) < 4.78 is 32.3. The molecule has 1 aromatic rings. The Labute approximate surface area is 139 Å². The maximum Gasteiger partial charge on any atom is 0.324 e. The Morgan fingerprint density at radius 2 is 2.00 bits per heavy atom. The first-order valence-electron chi connectivity index (χ1n) is 7.81. The Balaban J connectivity index is 1.95. The molecule has 0 radical (unpaired) electrons. The van der Waals surface area contributed by atoms with Crippen LogP contribution in [0.3, 0.4) is 0 Å². The van der Waals surface area contributed by atoms with Crippen LogP contribution < -0.4 is 0 Å². The Hall–Kier alpha value is -2.00. The quantitative estimate of drug-likeness (QED) is 0.452. The van der Waals surface area contributed by atoms with Gasteiger partial charge in [0.25, 0.3) is 5.69 Å². The summed E-state index contributed by atoms with van der Waals surface area (Å²) in [6, 6.07) is 3.71. The number of hydrogen-bond acceptors (Lipinski definition) is 6. The van der Waals surface area contributed by atoms with Crippen molar-refractivity contribution in [1.29, 1.82) is 0 Å². The number of nitro groups is 1. The van der Waals surface area contributed by atoms with Crippen LogP contribution in [0.2, 0.25) is 0 Å². The second-order valence-corrected chi connectivity index (χ2v) is 7.85. The molecule has 1 aliphatic heterocycles. The molecular formula is C15H18N2O6S. The van der Waals surface area contributed by atoms with Crippen molar-refractivity contribution in [2.75, 3.05) is 6.61 Å². The minimum atomic E-state index is -3.91. The van der Waals surface area contributed by atoms with Crippen molar-refractivity contribution in [2.45, 2.75) is 43.2 Å². The first-order valence-corrected chi connectivity index (χ1v) is 9.25. The molecule has 1 saturated carbocycles. The highest BCUT2D eigenvalue weighted by atomic mass is 32.2. The lowest BCUT2D eigenvalue weighted by molar-refractivity contribution is -0.384. The number of carbonyl (C=O) groups is 1. The number of ether oxygens (including phenoxy) is 1. The molecule has 0 aromatic heterocycles. The predicted molar refractivity (Wildman–Crippen MR) is 83.7 cm³/mol. The number of fused-ring (bicyclic) bond motifs is 2. The van der Waals surface area contributed by atoms with E-state index in [1.165, 1.54) is 16.4 Å². The van der Waals surface area contributed by atoms with Crippen molar-refractivity contribution in [3.63, 3.8) is 0 Å². The van der Waals surface area contributed by atoms with Gasteiger partial charge in [-0.25, -0.2) is 8.42 Å². The van der Waals surface area contributed by atoms with Gasteiger partial charge in [-0.3, -0.25) is 14.9 Å². The Bertz CT molecular complexity index is 761. The van der Waals surface area contributed by atoms with Crippen LogP contribution >= 0.6 is 0 Å². The second kappa shape index (κ2) is 6.14. The van der Waals surface area contributed by atoms with Crippen LogP contribution in [0.4, 0.5) is 5.69 Å². The van der Waals surface area contributed by atoms with E-state index in [4.69, 9.17) is 4.74 Å². The molecular weight excluding hydrogens is 336 g/mol. The van der Waals surface area contributed by atoms with E-state index in [0.29, 0.717) is 12.8 Å². The van der Waals surface area contributed by atoms with Crippen molar-refractivity contribution in [2.24, 2.45) is 5.92 Å². The minimum absolute atomic E-state index is 0.0260. The van der Waals surface area contributed by atoms with E-state index < -0.39 is 27.0 Å². The maximum absolute atomic E-state index is 13.0. The minimum Gasteiger partial charge on any atom is -0.465 e. The van der Waals surface area contributed by atoms with Gasteiger partial charge < -0.3 is 4.74 Å². The SMILES string of the molecule is CCOC(=O)C1C2CCC(C2)N1S(=O)(=O)c1ccc([N+](=O)[O-])cc1. The van der Waals surface area contributed by atoms with Gasteiger partial charge in [-0.15, -0.1) is 0 Å². The van der Waals surface area contributed by atoms with E-state index in [-0.39, 0.29) is 29.1 Å². The molecule has 3 atom stereocenters. The zero-order valence-electron chi connectivity index (χ0n) is 13.1. The topological polar surface area (TPSA) is 107 Å². The summed E-state index contributed by atoms with van der Waals surface area (Å²) in [4.78, 5) is 22.3. The Kier molecular flexibility index (Phi) is 4.31. The Morgan fingerprint density at radius 3 is 2.58 bits per heavy atom. The number of esters is 1. The van der Waals surface area contributed by atoms with Crippen molar-refractivity contribution in [1.82, 2.24) is 4.31 Å². The molecule has 3 rings (SSSR count). The summed E-state index contributed by atoms with van der Waals surface area (Å²) in [6.07, 6.45) is 2.17. The third-order valence-corrected chi connectivity index (χ3v) is 6.63. The van der Waals surface area contributed by atoms with E-state index in [1.807, 2.05) is 0 Å². The summed E-state index contributed by atoms with van der Waals surface area (Å²) in [5, 5.41) is 10.7. The van der Waals surface area contributed by atoms with Gasteiger partial charge in [0.05, 0.1) is 16.4 Å². The first kappa shape index (κ1) is 16.8. The van der Waals surface area contributed by atoms with Crippen molar-refractivity contribution < 1.29 is 22.9 Å². The van der Waals surface area contributed by atoms with Crippen molar-refractivity contribution in [3.8, 4) is 0 Å². The van der Waals surface area contributed by atoms with Gasteiger partial charge in [-0.05, 0) is 44.2 Å². The van der Waals surface area contributed by atoms with Crippen LogP contribution in [0.5, 0.6) is 0 Å². The van der Waals surface area contributed by atoms with Gasteiger partial charge in [0.1, 0.15) is 6.04 Å². The molecule has 0 spiro atoms. The fourth-order valence-electron chi connectivity index (χ4n) is 3.68. The molecule has 1 aliphatic carbocycles. The predicted octanol–water partition coefficient (Wildman–Crippen LogP) is 1.70. The third kappa shape index (κ3) is 2.67. The molecule has 2 fully saturated rings. The van der Waals surface area contributed by atoms with Gasteiger partial charge in [-0.1, -0.05) is 0 Å². The van der Waals surface area contributed by atoms with Gasteiger partial charge in [0, 0.05) is 18.2 Å². The van der Waals surface area contributed by atoms with Crippen LogP contribution in [0.1, 0.15) is 26.2 Å². The Morgan fingerprint density at radius 1 is 1.33 bits per heavy atom. The van der Waals surface area contributed by atoms with E-state index in [0.717, 1.165) is 18.6 Å². The fourth-order valence-corrected chi connectivity index (χ4v) is 5.54. The number of nitro benzene ring substituents is 1. The van der Waals surface area contributed by atoms with Crippen molar-refractivity contribution >= 4 is 21.7 Å². The smallest absolute Gasteiger partial charge is 0.324 e. The molecule has 2 bridgehead atoms. The molecule has 1 heterocycles. The van der Waals surface area contributed by atoms with Crippen LogP contribution in [0.25, 0.3) is 0 Å². The number of nitrogens with zero attached hydrogens (tertiary/aromatic N) is 2. The van der Waals surface area contributed by atoms with E-state index in [2.05, 4.69) is 0 Å². The number of benzene rings is 1. The summed E-state index contributed by atoms with van der Waals surface area (Å²) in [6.45, 7) is 1.87. The molecule has 3 unspecified atom stereocenters. The second-order valence-electron chi connectivity index (χ2n) is 6.01. The van der Waals surface area contributed by atoms with Crippen molar-refractivity contribution in [3.05, 3.63) is 34.4 Å².